The van der Waals surface area contributed by atoms with Crippen LogP contribution in [0.1, 0.15) is 0 Å². The van der Waals surface area contributed by atoms with Crippen molar-refractivity contribution >= 4 is 29.0 Å². The van der Waals surface area contributed by atoms with Crippen molar-refractivity contribution in [3.8, 4) is 11.5 Å². The fraction of sp³-hybridized carbons (Fsp3) is 0.182. The van der Waals surface area contributed by atoms with Gasteiger partial charge < -0.3 is 25.8 Å². The number of aromatic nitrogens is 1. The zero-order chi connectivity index (χ0) is 20.8. The number of carbonyl (C=O) groups excluding carboxylic acids is 1. The van der Waals surface area contributed by atoms with E-state index in [1.807, 2.05) is 66.7 Å². The van der Waals surface area contributed by atoms with Crippen LogP contribution in [0, 0.1) is 0 Å². The Morgan fingerprint density at radius 3 is 2.63 bits per heavy atom. The van der Waals surface area contributed by atoms with Gasteiger partial charge in [-0.25, -0.2) is 9.78 Å². The number of pyridine rings is 1. The topological polar surface area (TPSA) is 102 Å². The van der Waals surface area contributed by atoms with Gasteiger partial charge in [0.05, 0.1) is 6.54 Å². The van der Waals surface area contributed by atoms with Gasteiger partial charge in [-0.2, -0.15) is 0 Å². The molecule has 0 spiro atoms. The number of benzene rings is 2. The Morgan fingerprint density at radius 1 is 1.07 bits per heavy atom. The number of nitrogens with zero attached hydrogens (tertiary/aromatic N) is 2. The van der Waals surface area contributed by atoms with E-state index in [9.17, 15) is 4.79 Å². The SMILES string of the molecule is NCCOc1ccc(Nc2ccc3c(n2)N(C(=O)Nc2ccccc2)CCO3)cc1. The van der Waals surface area contributed by atoms with Gasteiger partial charge in [-0.3, -0.25) is 4.90 Å². The molecule has 2 aromatic carbocycles. The van der Waals surface area contributed by atoms with Crippen LogP contribution < -0.4 is 30.7 Å². The summed E-state index contributed by atoms with van der Waals surface area (Å²) in [5.41, 5.74) is 7.02. The number of para-hydroxylation sites is 1. The van der Waals surface area contributed by atoms with Gasteiger partial charge in [0.25, 0.3) is 0 Å². The molecule has 154 valence electrons. The van der Waals surface area contributed by atoms with E-state index in [1.54, 1.807) is 4.90 Å². The molecule has 2 amide bonds. The first-order chi connectivity index (χ1) is 14.7. The van der Waals surface area contributed by atoms with Crippen molar-refractivity contribution in [3.63, 3.8) is 0 Å². The van der Waals surface area contributed by atoms with E-state index in [0.717, 1.165) is 17.1 Å². The van der Waals surface area contributed by atoms with Crippen LogP contribution in [0.15, 0.2) is 66.7 Å². The van der Waals surface area contributed by atoms with Crippen molar-refractivity contribution in [2.45, 2.75) is 0 Å². The van der Waals surface area contributed by atoms with Gasteiger partial charge in [0.15, 0.2) is 11.6 Å². The normalized spacial score (nSPS) is 12.5. The van der Waals surface area contributed by atoms with Crippen LogP contribution in [0.3, 0.4) is 0 Å². The van der Waals surface area contributed by atoms with Crippen LogP contribution in [0.4, 0.5) is 27.8 Å². The lowest BCUT2D eigenvalue weighted by Gasteiger charge is -2.28. The highest BCUT2D eigenvalue weighted by atomic mass is 16.5. The molecule has 8 heteroatoms. The summed E-state index contributed by atoms with van der Waals surface area (Å²) in [5.74, 6) is 2.40. The predicted molar refractivity (Wildman–Crippen MR) is 117 cm³/mol. The molecule has 0 atom stereocenters. The second kappa shape index (κ2) is 9.15. The Hall–Kier alpha value is -3.78. The molecule has 0 unspecified atom stereocenters. The zero-order valence-corrected chi connectivity index (χ0v) is 16.4. The zero-order valence-electron chi connectivity index (χ0n) is 16.4. The van der Waals surface area contributed by atoms with E-state index in [1.165, 1.54) is 0 Å². The third-order valence-electron chi connectivity index (χ3n) is 4.45. The molecule has 1 aliphatic heterocycles. The van der Waals surface area contributed by atoms with Crippen molar-refractivity contribution < 1.29 is 14.3 Å². The highest BCUT2D eigenvalue weighted by Gasteiger charge is 2.25. The number of hydrogen-bond donors (Lipinski definition) is 3. The molecule has 4 rings (SSSR count). The summed E-state index contributed by atoms with van der Waals surface area (Å²) in [4.78, 5) is 19.0. The second-order valence-corrected chi connectivity index (χ2v) is 6.60. The van der Waals surface area contributed by atoms with Crippen molar-refractivity contribution in [2.24, 2.45) is 5.73 Å². The number of carbonyl (C=O) groups is 1. The molecule has 0 fully saturated rings. The number of anilines is 4. The molecule has 8 nitrogen and oxygen atoms in total. The monoisotopic (exact) mass is 405 g/mol. The van der Waals surface area contributed by atoms with E-state index in [0.29, 0.717) is 43.7 Å². The molecule has 2 heterocycles. The minimum atomic E-state index is -0.253. The van der Waals surface area contributed by atoms with Crippen LogP contribution in [-0.4, -0.2) is 37.3 Å². The van der Waals surface area contributed by atoms with Gasteiger partial charge in [-0.15, -0.1) is 0 Å². The van der Waals surface area contributed by atoms with E-state index in [4.69, 9.17) is 15.2 Å². The Balaban J connectivity index is 1.49. The van der Waals surface area contributed by atoms with Gasteiger partial charge in [-0.1, -0.05) is 18.2 Å². The van der Waals surface area contributed by atoms with Crippen molar-refractivity contribution in [1.29, 1.82) is 0 Å². The second-order valence-electron chi connectivity index (χ2n) is 6.60. The largest absolute Gasteiger partial charge is 0.492 e. The first-order valence-electron chi connectivity index (χ1n) is 9.70. The summed E-state index contributed by atoms with van der Waals surface area (Å²) < 4.78 is 11.2. The van der Waals surface area contributed by atoms with Gasteiger partial charge >= 0.3 is 6.03 Å². The molecule has 1 aromatic heterocycles. The summed E-state index contributed by atoms with van der Waals surface area (Å²) in [6.07, 6.45) is 0. The smallest absolute Gasteiger partial charge is 0.327 e. The van der Waals surface area contributed by atoms with Gasteiger partial charge in [-0.05, 0) is 48.5 Å². The fourth-order valence-electron chi connectivity index (χ4n) is 3.03. The number of ether oxygens (including phenoxy) is 2. The molecule has 30 heavy (non-hydrogen) atoms. The van der Waals surface area contributed by atoms with E-state index >= 15 is 0 Å². The third-order valence-corrected chi connectivity index (χ3v) is 4.45. The lowest BCUT2D eigenvalue weighted by atomic mass is 10.3. The number of amides is 2. The average Bonchev–Trinajstić information content (AvgIpc) is 2.79. The lowest BCUT2D eigenvalue weighted by Crippen LogP contribution is -2.41. The van der Waals surface area contributed by atoms with Crippen molar-refractivity contribution in [2.75, 3.05) is 41.8 Å². The van der Waals surface area contributed by atoms with Gasteiger partial charge in [0, 0.05) is 17.9 Å². The van der Waals surface area contributed by atoms with E-state index in [2.05, 4.69) is 15.6 Å². The third kappa shape index (κ3) is 4.61. The number of urea groups is 1. The predicted octanol–water partition coefficient (Wildman–Crippen LogP) is 3.59. The molecule has 0 saturated heterocycles. The Morgan fingerprint density at radius 2 is 1.87 bits per heavy atom. The Bertz CT molecular complexity index is 995. The van der Waals surface area contributed by atoms with Crippen molar-refractivity contribution in [1.82, 2.24) is 4.98 Å². The van der Waals surface area contributed by atoms with Crippen LogP contribution in [0.2, 0.25) is 0 Å². The van der Waals surface area contributed by atoms with E-state index in [-0.39, 0.29) is 6.03 Å². The standard InChI is InChI=1S/C22H23N5O3/c23-12-14-29-18-8-6-17(7-9-18)24-20-11-10-19-21(26-20)27(13-15-30-19)22(28)25-16-4-2-1-3-5-16/h1-11H,12-15,23H2,(H,24,26)(H,25,28). The summed E-state index contributed by atoms with van der Waals surface area (Å²) in [5, 5.41) is 6.13. The van der Waals surface area contributed by atoms with Crippen molar-refractivity contribution in [3.05, 3.63) is 66.7 Å². The molecular formula is C22H23N5O3. The van der Waals surface area contributed by atoms with Crippen LogP contribution >= 0.6 is 0 Å². The average molecular weight is 405 g/mol. The van der Waals surface area contributed by atoms with Gasteiger partial charge in [0.1, 0.15) is 24.8 Å². The first-order valence-corrected chi connectivity index (χ1v) is 9.70. The number of hydrogen-bond acceptors (Lipinski definition) is 6. The van der Waals surface area contributed by atoms with Gasteiger partial charge in [0.2, 0.25) is 0 Å². The summed E-state index contributed by atoms with van der Waals surface area (Å²) in [6, 6.07) is 20.2. The maximum atomic E-state index is 12.8. The highest BCUT2D eigenvalue weighted by Crippen LogP contribution is 2.32. The quantitative estimate of drug-likeness (QED) is 0.579. The molecule has 0 aliphatic carbocycles. The molecule has 3 aromatic rings. The maximum Gasteiger partial charge on any atom is 0.327 e. The molecule has 1 aliphatic rings. The van der Waals surface area contributed by atoms with Crippen LogP contribution in [0.25, 0.3) is 0 Å². The molecule has 0 saturated carbocycles. The fourth-order valence-corrected chi connectivity index (χ4v) is 3.03. The summed E-state index contributed by atoms with van der Waals surface area (Å²) in [7, 11) is 0. The molecular weight excluding hydrogens is 382 g/mol. The highest BCUT2D eigenvalue weighted by molar-refractivity contribution is 6.02. The molecule has 0 bridgehead atoms. The number of nitrogens with two attached hydrogens (primary N) is 1. The number of rotatable bonds is 6. The van der Waals surface area contributed by atoms with Crippen LogP contribution in [0.5, 0.6) is 11.5 Å². The Labute approximate surface area is 174 Å². The minimum Gasteiger partial charge on any atom is -0.492 e. The van der Waals surface area contributed by atoms with Crippen LogP contribution in [-0.2, 0) is 0 Å². The first kappa shape index (κ1) is 19.5. The number of fused-ring (bicyclic) bond motifs is 1. The minimum absolute atomic E-state index is 0.253. The summed E-state index contributed by atoms with van der Waals surface area (Å²) in [6.45, 7) is 1.76. The lowest BCUT2D eigenvalue weighted by molar-refractivity contribution is 0.249. The maximum absolute atomic E-state index is 12.8. The molecule has 0 radical (unpaired) electrons. The number of nitrogens with one attached hydrogen (secondary N) is 2. The Kier molecular flexibility index (Phi) is 5.95. The summed E-state index contributed by atoms with van der Waals surface area (Å²) >= 11 is 0. The molecule has 4 N–H and O–H groups in total. The van der Waals surface area contributed by atoms with E-state index < -0.39 is 0 Å².